The van der Waals surface area contributed by atoms with E-state index in [0.717, 1.165) is 61.0 Å². The van der Waals surface area contributed by atoms with Crippen LogP contribution < -0.4 is 0 Å². The van der Waals surface area contributed by atoms with Gasteiger partial charge in [0.15, 0.2) is 17.2 Å². The first kappa shape index (κ1) is 23.2. The normalized spacial score (nSPS) is 11.4. The number of rotatable bonds is 4. The van der Waals surface area contributed by atoms with Gasteiger partial charge in [-0.05, 0) is 24.3 Å². The van der Waals surface area contributed by atoms with E-state index in [9.17, 15) is 0 Å². The topological polar surface area (TPSA) is 64.7 Å². The predicted molar refractivity (Wildman–Crippen MR) is 164 cm³/mol. The molecule has 0 saturated carbocycles. The first-order chi connectivity index (χ1) is 20.3. The van der Waals surface area contributed by atoms with Crippen molar-refractivity contribution >= 4 is 33.0 Å². The summed E-state index contributed by atoms with van der Waals surface area (Å²) in [6.45, 7) is 0. The monoisotopic (exact) mass is 526 g/mol. The fraction of sp³-hybridized carbons (Fsp3) is 0. The second kappa shape index (κ2) is 9.50. The molecule has 0 unspecified atom stereocenters. The number of hydrogen-bond donors (Lipinski definition) is 0. The largest absolute Gasteiger partial charge is 0.452 e. The van der Waals surface area contributed by atoms with Crippen molar-refractivity contribution in [3.8, 4) is 45.3 Å². The van der Waals surface area contributed by atoms with Crippen LogP contribution in [0.5, 0.6) is 0 Å². The zero-order valence-electron chi connectivity index (χ0n) is 21.9. The van der Waals surface area contributed by atoms with Gasteiger partial charge in [-0.3, -0.25) is 0 Å². The minimum Gasteiger partial charge on any atom is -0.452 e. The van der Waals surface area contributed by atoms with Gasteiger partial charge in [-0.1, -0.05) is 109 Å². The Hall–Kier alpha value is -5.68. The lowest BCUT2D eigenvalue weighted by Crippen LogP contribution is -1.97. The molecule has 0 spiro atoms. The predicted octanol–water partition coefficient (Wildman–Crippen LogP) is 8.99. The Kier molecular flexibility index (Phi) is 5.38. The molecular formula is C36H22N4O. The van der Waals surface area contributed by atoms with Gasteiger partial charge in [0.2, 0.25) is 0 Å². The fourth-order valence-corrected chi connectivity index (χ4v) is 5.33. The van der Waals surface area contributed by atoms with Gasteiger partial charge in [0.1, 0.15) is 16.8 Å². The molecule has 0 aliphatic heterocycles. The molecule has 0 bridgehead atoms. The van der Waals surface area contributed by atoms with Crippen LogP contribution in [0.25, 0.3) is 78.3 Å². The highest BCUT2D eigenvalue weighted by molar-refractivity contribution is 6.07. The summed E-state index contributed by atoms with van der Waals surface area (Å²) in [5.41, 5.74) is 8.64. The Bertz CT molecular complexity index is 2210. The summed E-state index contributed by atoms with van der Waals surface area (Å²) in [4.78, 5) is 20.1. The van der Waals surface area contributed by atoms with Crippen LogP contribution in [-0.4, -0.2) is 19.9 Å². The van der Waals surface area contributed by atoms with E-state index in [1.165, 1.54) is 0 Å². The van der Waals surface area contributed by atoms with Crippen LogP contribution in [0.3, 0.4) is 0 Å². The molecule has 0 N–H and O–H groups in total. The van der Waals surface area contributed by atoms with Crippen molar-refractivity contribution in [3.05, 3.63) is 133 Å². The van der Waals surface area contributed by atoms with E-state index in [1.807, 2.05) is 109 Å². The lowest BCUT2D eigenvalue weighted by atomic mass is 10.0. The Morgan fingerprint density at radius 2 is 0.976 bits per heavy atom. The lowest BCUT2D eigenvalue weighted by Gasteiger charge is -2.10. The maximum atomic E-state index is 6.27. The quantitative estimate of drug-likeness (QED) is 0.229. The molecule has 5 heteroatoms. The van der Waals surface area contributed by atoms with E-state index in [2.05, 4.69) is 24.3 Å². The van der Waals surface area contributed by atoms with Gasteiger partial charge in [0.25, 0.3) is 0 Å². The van der Waals surface area contributed by atoms with Crippen LogP contribution in [-0.2, 0) is 0 Å². The van der Waals surface area contributed by atoms with Crippen molar-refractivity contribution in [2.24, 2.45) is 0 Å². The van der Waals surface area contributed by atoms with Gasteiger partial charge in [0.05, 0.1) is 11.2 Å². The summed E-state index contributed by atoms with van der Waals surface area (Å²) in [5.74, 6) is 1.27. The van der Waals surface area contributed by atoms with Gasteiger partial charge >= 0.3 is 0 Å². The summed E-state index contributed by atoms with van der Waals surface area (Å²) in [6.07, 6.45) is 0. The van der Waals surface area contributed by atoms with Gasteiger partial charge in [-0.25, -0.2) is 19.9 Å². The van der Waals surface area contributed by atoms with Crippen LogP contribution in [0.4, 0.5) is 0 Å². The second-order valence-corrected chi connectivity index (χ2v) is 9.90. The van der Waals surface area contributed by atoms with Crippen molar-refractivity contribution < 1.29 is 4.42 Å². The van der Waals surface area contributed by atoms with Gasteiger partial charge in [-0.2, -0.15) is 0 Å². The Morgan fingerprint density at radius 3 is 1.73 bits per heavy atom. The maximum absolute atomic E-state index is 6.27. The third-order valence-electron chi connectivity index (χ3n) is 7.30. The zero-order chi connectivity index (χ0) is 27.2. The number of nitrogens with zero attached hydrogens (tertiary/aromatic N) is 4. The fourth-order valence-electron chi connectivity index (χ4n) is 5.33. The number of aromatic nitrogens is 4. The zero-order valence-corrected chi connectivity index (χ0v) is 21.9. The summed E-state index contributed by atoms with van der Waals surface area (Å²) in [7, 11) is 0. The summed E-state index contributed by atoms with van der Waals surface area (Å²) < 4.78 is 6.27. The van der Waals surface area contributed by atoms with E-state index in [4.69, 9.17) is 24.4 Å². The molecule has 192 valence electrons. The summed E-state index contributed by atoms with van der Waals surface area (Å²) >= 11 is 0. The van der Waals surface area contributed by atoms with E-state index < -0.39 is 0 Å². The van der Waals surface area contributed by atoms with Crippen LogP contribution in [0.2, 0.25) is 0 Å². The highest BCUT2D eigenvalue weighted by atomic mass is 16.3. The van der Waals surface area contributed by atoms with E-state index in [-0.39, 0.29) is 0 Å². The smallest absolute Gasteiger partial charge is 0.180 e. The van der Waals surface area contributed by atoms with Crippen molar-refractivity contribution in [2.45, 2.75) is 0 Å². The van der Waals surface area contributed by atoms with Gasteiger partial charge in [0, 0.05) is 33.0 Å². The average molecular weight is 527 g/mol. The molecule has 0 amide bonds. The molecule has 3 aromatic heterocycles. The molecule has 0 fully saturated rings. The Balaban J connectivity index is 1.33. The van der Waals surface area contributed by atoms with Crippen LogP contribution in [0, 0.1) is 0 Å². The molecule has 8 aromatic rings. The average Bonchev–Trinajstić information content (AvgIpc) is 3.43. The standard InChI is InChI=1S/C36H22N4O/c1-3-12-23(13-4-1)31-27-18-7-9-20-29(27)37-35(38-31)25-16-11-17-26(22-25)36-39-32(24-14-5-2-6-15-24)34-33(40-36)28-19-8-10-21-30(28)41-34/h1-22H. The molecule has 41 heavy (non-hydrogen) atoms. The lowest BCUT2D eigenvalue weighted by molar-refractivity contribution is 0.667. The molecule has 0 atom stereocenters. The summed E-state index contributed by atoms with van der Waals surface area (Å²) in [5, 5.41) is 1.98. The van der Waals surface area contributed by atoms with Crippen molar-refractivity contribution in [3.63, 3.8) is 0 Å². The molecular weight excluding hydrogens is 504 g/mol. The second-order valence-electron chi connectivity index (χ2n) is 9.90. The highest BCUT2D eigenvalue weighted by Crippen LogP contribution is 2.36. The third kappa shape index (κ3) is 4.03. The first-order valence-electron chi connectivity index (χ1n) is 13.5. The van der Waals surface area contributed by atoms with Crippen LogP contribution in [0.15, 0.2) is 138 Å². The Labute approximate surface area is 235 Å². The molecule has 0 aliphatic rings. The molecule has 0 saturated heterocycles. The highest BCUT2D eigenvalue weighted by Gasteiger charge is 2.18. The first-order valence-corrected chi connectivity index (χ1v) is 13.5. The van der Waals surface area contributed by atoms with Gasteiger partial charge in [-0.15, -0.1) is 0 Å². The van der Waals surface area contributed by atoms with Gasteiger partial charge < -0.3 is 4.42 Å². The third-order valence-corrected chi connectivity index (χ3v) is 7.30. The molecule has 5 nitrogen and oxygen atoms in total. The summed E-state index contributed by atoms with van der Waals surface area (Å²) in [6, 6.07) is 44.6. The van der Waals surface area contributed by atoms with Crippen molar-refractivity contribution in [1.82, 2.24) is 19.9 Å². The number of para-hydroxylation sites is 2. The maximum Gasteiger partial charge on any atom is 0.180 e. The molecule has 0 aliphatic carbocycles. The SMILES string of the molecule is c1ccc(-c2nc(-c3cccc(-c4nc(-c5ccccc5)c5oc6ccccc6c5n4)c3)nc3ccccc23)cc1. The van der Waals surface area contributed by atoms with E-state index in [1.54, 1.807) is 0 Å². The Morgan fingerprint density at radius 1 is 0.415 bits per heavy atom. The molecule has 3 heterocycles. The number of hydrogen-bond acceptors (Lipinski definition) is 5. The number of furan rings is 1. The molecule has 0 radical (unpaired) electrons. The molecule has 8 rings (SSSR count). The number of fused-ring (bicyclic) bond motifs is 4. The van der Waals surface area contributed by atoms with Crippen molar-refractivity contribution in [1.29, 1.82) is 0 Å². The minimum atomic E-state index is 0.619. The van der Waals surface area contributed by atoms with Crippen LogP contribution >= 0.6 is 0 Å². The van der Waals surface area contributed by atoms with Crippen LogP contribution in [0.1, 0.15) is 0 Å². The minimum absolute atomic E-state index is 0.619. The van der Waals surface area contributed by atoms with E-state index in [0.29, 0.717) is 17.2 Å². The van der Waals surface area contributed by atoms with E-state index >= 15 is 0 Å². The van der Waals surface area contributed by atoms with Crippen molar-refractivity contribution in [2.75, 3.05) is 0 Å². The number of benzene rings is 5. The molecule has 5 aromatic carbocycles.